The van der Waals surface area contributed by atoms with Crippen LogP contribution in [0.3, 0.4) is 0 Å². The van der Waals surface area contributed by atoms with Gasteiger partial charge in [-0.3, -0.25) is 9.59 Å². The highest BCUT2D eigenvalue weighted by Crippen LogP contribution is 1.99. The largest absolute Gasteiger partial charge is 0.452 e. The lowest BCUT2D eigenvalue weighted by Gasteiger charge is -2.09. The van der Waals surface area contributed by atoms with E-state index in [1.54, 1.807) is 0 Å². The molecule has 0 saturated carbocycles. The topological polar surface area (TPSA) is 78.6 Å². The lowest BCUT2D eigenvalue weighted by molar-refractivity contribution is -0.145. The average molecular weight is 223 g/mol. The lowest BCUT2D eigenvalue weighted by atomic mass is 10.2. The second-order valence-corrected chi connectivity index (χ2v) is 2.82. The highest BCUT2D eigenvalue weighted by molar-refractivity contribution is 5.77. The maximum absolute atomic E-state index is 11.1. The molecular weight excluding hydrogens is 210 g/mol. The number of hydrogen-bond donors (Lipinski definition) is 1. The van der Waals surface area contributed by atoms with E-state index < -0.39 is 18.0 Å². The Morgan fingerprint density at radius 3 is 2.31 bits per heavy atom. The molecule has 1 atom stereocenters. The summed E-state index contributed by atoms with van der Waals surface area (Å²) in [5.41, 5.74) is 5.44. The van der Waals surface area contributed by atoms with Crippen LogP contribution < -0.4 is 5.73 Å². The van der Waals surface area contributed by atoms with E-state index in [0.29, 0.717) is 0 Å². The maximum Gasteiger partial charge on any atom is 0.323 e. The molecule has 0 heterocycles. The summed E-state index contributed by atoms with van der Waals surface area (Å²) in [6, 6.07) is -0.883. The normalized spacial score (nSPS) is 10.7. The first kappa shape index (κ1) is 14.0. The van der Waals surface area contributed by atoms with Gasteiger partial charge in [0.15, 0.2) is 13.2 Å². The Labute approximate surface area is 94.3 Å². The summed E-state index contributed by atoms with van der Waals surface area (Å²) >= 11 is 0. The van der Waals surface area contributed by atoms with Crippen LogP contribution in [0, 0.1) is 24.7 Å². The summed E-state index contributed by atoms with van der Waals surface area (Å²) in [5.74, 6) is 3.14. The third-order valence-corrected chi connectivity index (χ3v) is 1.58. The summed E-state index contributed by atoms with van der Waals surface area (Å²) in [6.45, 7) is -0.219. The molecule has 0 fully saturated rings. The van der Waals surface area contributed by atoms with Crippen LogP contribution in [0.5, 0.6) is 0 Å². The van der Waals surface area contributed by atoms with Crippen LogP contribution >= 0.6 is 0 Å². The molecule has 0 aliphatic rings. The monoisotopic (exact) mass is 223 g/mol. The number of nitrogens with two attached hydrogens (primary N) is 1. The van der Waals surface area contributed by atoms with E-state index in [4.69, 9.17) is 18.6 Å². The molecule has 0 rings (SSSR count). The molecule has 0 aromatic carbocycles. The first-order valence-electron chi connectivity index (χ1n) is 4.56. The number of terminal acetylenes is 2. The van der Waals surface area contributed by atoms with Gasteiger partial charge in [0.05, 0.1) is 0 Å². The molecular formula is C11H13NO4. The number of carbonyl (C=O) groups excluding carboxylic acids is 2. The number of ether oxygens (including phenoxy) is 2. The van der Waals surface area contributed by atoms with Gasteiger partial charge in [0, 0.05) is 6.42 Å². The summed E-state index contributed by atoms with van der Waals surface area (Å²) in [5, 5.41) is 0. The maximum atomic E-state index is 11.1. The Bertz CT molecular complexity index is 324. The van der Waals surface area contributed by atoms with Crippen LogP contribution in [0.15, 0.2) is 0 Å². The van der Waals surface area contributed by atoms with Crippen molar-refractivity contribution in [3.05, 3.63) is 0 Å². The molecule has 0 bridgehead atoms. The van der Waals surface area contributed by atoms with Gasteiger partial charge >= 0.3 is 11.9 Å². The molecule has 0 aromatic heterocycles. The minimum absolute atomic E-state index is 0.00794. The van der Waals surface area contributed by atoms with Crippen LogP contribution in [0.2, 0.25) is 0 Å². The Kier molecular flexibility index (Phi) is 7.31. The number of esters is 2. The van der Waals surface area contributed by atoms with Crippen molar-refractivity contribution >= 4 is 11.9 Å². The number of hydrogen-bond acceptors (Lipinski definition) is 5. The van der Waals surface area contributed by atoms with Gasteiger partial charge in [0.25, 0.3) is 0 Å². The van der Waals surface area contributed by atoms with Crippen LogP contribution in [0.1, 0.15) is 12.8 Å². The second-order valence-electron chi connectivity index (χ2n) is 2.82. The van der Waals surface area contributed by atoms with Gasteiger partial charge in [0.2, 0.25) is 0 Å². The van der Waals surface area contributed by atoms with Crippen molar-refractivity contribution in [1.82, 2.24) is 0 Å². The second kappa shape index (κ2) is 8.34. The third kappa shape index (κ3) is 6.47. The van der Waals surface area contributed by atoms with E-state index in [1.165, 1.54) is 0 Å². The van der Waals surface area contributed by atoms with Gasteiger partial charge in [-0.1, -0.05) is 11.8 Å². The van der Waals surface area contributed by atoms with Crippen molar-refractivity contribution in [3.8, 4) is 24.7 Å². The SMILES string of the molecule is C#CCOC(=O)CCC(N)C(=O)OCC#C. The molecule has 0 radical (unpaired) electrons. The Balaban J connectivity index is 3.76. The van der Waals surface area contributed by atoms with E-state index in [1.807, 2.05) is 0 Å². The number of rotatable bonds is 6. The molecule has 0 aliphatic carbocycles. The summed E-state index contributed by atoms with van der Waals surface area (Å²) in [7, 11) is 0. The molecule has 5 nitrogen and oxygen atoms in total. The standard InChI is InChI=1S/C11H13NO4/c1-3-7-15-10(13)6-5-9(12)11(14)16-8-4-2/h1-2,9H,5-8,12H2. The molecule has 0 aromatic rings. The van der Waals surface area contributed by atoms with Gasteiger partial charge in [-0.15, -0.1) is 12.8 Å². The average Bonchev–Trinajstić information content (AvgIpc) is 2.30. The molecule has 1 unspecified atom stereocenters. The Morgan fingerprint density at radius 1 is 1.19 bits per heavy atom. The molecule has 0 aliphatic heterocycles. The van der Waals surface area contributed by atoms with Gasteiger partial charge in [-0.25, -0.2) is 0 Å². The molecule has 0 amide bonds. The number of carbonyl (C=O) groups is 2. The molecule has 86 valence electrons. The quantitative estimate of drug-likeness (QED) is 0.482. The zero-order chi connectivity index (χ0) is 12.4. The summed E-state index contributed by atoms with van der Waals surface area (Å²) in [6.07, 6.45) is 9.92. The molecule has 0 saturated heterocycles. The molecule has 2 N–H and O–H groups in total. The van der Waals surface area contributed by atoms with E-state index in [0.717, 1.165) is 0 Å². The molecule has 0 spiro atoms. The Hall–Kier alpha value is -1.98. The van der Waals surface area contributed by atoms with Crippen molar-refractivity contribution in [2.24, 2.45) is 5.73 Å². The minimum atomic E-state index is -0.883. The predicted molar refractivity (Wildman–Crippen MR) is 56.8 cm³/mol. The van der Waals surface area contributed by atoms with E-state index in [9.17, 15) is 9.59 Å². The summed E-state index contributed by atoms with van der Waals surface area (Å²) < 4.78 is 9.17. The van der Waals surface area contributed by atoms with E-state index in [-0.39, 0.29) is 26.1 Å². The van der Waals surface area contributed by atoms with Crippen LogP contribution in [0.4, 0.5) is 0 Å². The lowest BCUT2D eigenvalue weighted by Crippen LogP contribution is -2.33. The smallest absolute Gasteiger partial charge is 0.323 e. The van der Waals surface area contributed by atoms with Crippen molar-refractivity contribution in [3.63, 3.8) is 0 Å². The fraction of sp³-hybridized carbons (Fsp3) is 0.455. The van der Waals surface area contributed by atoms with Crippen LogP contribution in [-0.4, -0.2) is 31.2 Å². The van der Waals surface area contributed by atoms with Gasteiger partial charge < -0.3 is 15.2 Å². The first-order chi connectivity index (χ1) is 7.61. The third-order valence-electron chi connectivity index (χ3n) is 1.58. The van der Waals surface area contributed by atoms with E-state index in [2.05, 4.69) is 21.3 Å². The fourth-order valence-corrected chi connectivity index (χ4v) is 0.805. The van der Waals surface area contributed by atoms with Crippen molar-refractivity contribution < 1.29 is 19.1 Å². The highest BCUT2D eigenvalue weighted by Gasteiger charge is 2.16. The van der Waals surface area contributed by atoms with Gasteiger partial charge in [-0.05, 0) is 6.42 Å². The minimum Gasteiger partial charge on any atom is -0.452 e. The first-order valence-corrected chi connectivity index (χ1v) is 4.56. The zero-order valence-electron chi connectivity index (χ0n) is 8.77. The summed E-state index contributed by atoms with van der Waals surface area (Å²) in [4.78, 5) is 22.1. The van der Waals surface area contributed by atoms with Crippen LogP contribution in [-0.2, 0) is 19.1 Å². The van der Waals surface area contributed by atoms with Crippen molar-refractivity contribution in [2.75, 3.05) is 13.2 Å². The molecule has 5 heteroatoms. The Morgan fingerprint density at radius 2 is 1.75 bits per heavy atom. The highest BCUT2D eigenvalue weighted by atomic mass is 16.5. The van der Waals surface area contributed by atoms with Crippen molar-refractivity contribution in [2.45, 2.75) is 18.9 Å². The molecule has 16 heavy (non-hydrogen) atoms. The predicted octanol–water partition coefficient (Wildman–Crippen LogP) is -0.553. The fourth-order valence-electron chi connectivity index (χ4n) is 0.805. The van der Waals surface area contributed by atoms with Gasteiger partial charge in [0.1, 0.15) is 6.04 Å². The van der Waals surface area contributed by atoms with Crippen LogP contribution in [0.25, 0.3) is 0 Å². The van der Waals surface area contributed by atoms with E-state index >= 15 is 0 Å². The zero-order valence-corrected chi connectivity index (χ0v) is 8.77. The van der Waals surface area contributed by atoms with Gasteiger partial charge in [-0.2, -0.15) is 0 Å². The van der Waals surface area contributed by atoms with Crippen molar-refractivity contribution in [1.29, 1.82) is 0 Å².